The lowest BCUT2D eigenvalue weighted by Gasteiger charge is -2.38. The molecule has 2 aliphatic heterocycles. The van der Waals surface area contributed by atoms with Crippen molar-refractivity contribution in [2.45, 2.75) is 25.5 Å². The van der Waals surface area contributed by atoms with E-state index < -0.39 is 0 Å². The third-order valence-electron chi connectivity index (χ3n) is 3.82. The Morgan fingerprint density at radius 1 is 1.53 bits per heavy atom. The molecule has 0 spiro atoms. The van der Waals surface area contributed by atoms with Crippen LogP contribution < -0.4 is 5.32 Å². The fourth-order valence-corrected chi connectivity index (χ4v) is 3.95. The van der Waals surface area contributed by atoms with E-state index in [4.69, 9.17) is 4.74 Å². The molecule has 2 saturated heterocycles. The Balaban J connectivity index is 1.87. The van der Waals surface area contributed by atoms with Crippen LogP contribution >= 0.6 is 11.8 Å². The minimum atomic E-state index is 0.373. The molecule has 0 aromatic carbocycles. The van der Waals surface area contributed by atoms with Crippen molar-refractivity contribution < 1.29 is 4.74 Å². The first-order chi connectivity index (χ1) is 8.24. The summed E-state index contributed by atoms with van der Waals surface area (Å²) in [5.41, 5.74) is 0.373. The van der Waals surface area contributed by atoms with Crippen LogP contribution in [-0.2, 0) is 4.74 Å². The molecule has 0 radical (unpaired) electrons. The minimum absolute atomic E-state index is 0.373. The average molecular weight is 258 g/mol. The zero-order chi connectivity index (χ0) is 12.1. The molecule has 2 rings (SSSR count). The fourth-order valence-electron chi connectivity index (χ4n) is 2.87. The summed E-state index contributed by atoms with van der Waals surface area (Å²) in [6.07, 6.45) is 1.22. The number of thioether (sulfide) groups is 1. The molecule has 0 aromatic rings. The summed E-state index contributed by atoms with van der Waals surface area (Å²) < 4.78 is 5.65. The molecule has 0 amide bonds. The normalized spacial score (nSPS) is 35.3. The first-order valence-electron chi connectivity index (χ1n) is 6.86. The maximum absolute atomic E-state index is 5.65. The second kappa shape index (κ2) is 6.41. The fraction of sp³-hybridized carbons (Fsp3) is 1.00. The van der Waals surface area contributed by atoms with E-state index in [9.17, 15) is 0 Å². The van der Waals surface area contributed by atoms with E-state index in [1.165, 1.54) is 31.8 Å². The second-order valence-corrected chi connectivity index (χ2v) is 7.05. The minimum Gasteiger partial charge on any atom is -0.381 e. The maximum atomic E-state index is 5.65. The van der Waals surface area contributed by atoms with E-state index >= 15 is 0 Å². The molecular weight excluding hydrogens is 232 g/mol. The number of ether oxygens (including phenoxy) is 1. The van der Waals surface area contributed by atoms with Crippen LogP contribution in [0.3, 0.4) is 0 Å². The van der Waals surface area contributed by atoms with E-state index in [-0.39, 0.29) is 0 Å². The van der Waals surface area contributed by atoms with Crippen LogP contribution in [0.15, 0.2) is 0 Å². The van der Waals surface area contributed by atoms with Crippen LogP contribution in [-0.4, -0.2) is 61.8 Å². The highest BCUT2D eigenvalue weighted by atomic mass is 32.2. The van der Waals surface area contributed by atoms with E-state index in [1.807, 2.05) is 0 Å². The van der Waals surface area contributed by atoms with Crippen LogP contribution in [0.1, 0.15) is 20.3 Å². The Morgan fingerprint density at radius 2 is 2.41 bits per heavy atom. The average Bonchev–Trinajstić information content (AvgIpc) is 2.75. The number of nitrogens with zero attached hydrogens (tertiary/aromatic N) is 1. The SMILES string of the molecule is CCNCC1(CN2CCSC(C)C2)CCOC1. The van der Waals surface area contributed by atoms with Gasteiger partial charge in [0.15, 0.2) is 0 Å². The third-order valence-corrected chi connectivity index (χ3v) is 4.96. The second-order valence-electron chi connectivity index (χ2n) is 5.50. The van der Waals surface area contributed by atoms with Gasteiger partial charge in [0.05, 0.1) is 6.61 Å². The highest BCUT2D eigenvalue weighted by Crippen LogP contribution is 2.30. The van der Waals surface area contributed by atoms with Crippen molar-refractivity contribution >= 4 is 11.8 Å². The van der Waals surface area contributed by atoms with Gasteiger partial charge in [0.1, 0.15) is 0 Å². The van der Waals surface area contributed by atoms with Gasteiger partial charge < -0.3 is 15.0 Å². The van der Waals surface area contributed by atoms with Gasteiger partial charge in [-0.15, -0.1) is 0 Å². The lowest BCUT2D eigenvalue weighted by atomic mass is 9.86. The predicted molar refractivity (Wildman–Crippen MR) is 74.8 cm³/mol. The van der Waals surface area contributed by atoms with Crippen molar-refractivity contribution in [3.8, 4) is 0 Å². The molecule has 2 heterocycles. The zero-order valence-corrected chi connectivity index (χ0v) is 12.0. The van der Waals surface area contributed by atoms with Gasteiger partial charge in [-0.3, -0.25) is 0 Å². The van der Waals surface area contributed by atoms with Crippen molar-refractivity contribution in [2.75, 3.05) is 51.7 Å². The van der Waals surface area contributed by atoms with Gasteiger partial charge in [0.2, 0.25) is 0 Å². The highest BCUT2D eigenvalue weighted by Gasteiger charge is 2.36. The van der Waals surface area contributed by atoms with Gasteiger partial charge in [-0.25, -0.2) is 0 Å². The first-order valence-corrected chi connectivity index (χ1v) is 7.91. The van der Waals surface area contributed by atoms with Crippen LogP contribution in [0.25, 0.3) is 0 Å². The molecule has 2 unspecified atom stereocenters. The van der Waals surface area contributed by atoms with Crippen molar-refractivity contribution in [3.63, 3.8) is 0 Å². The number of rotatable bonds is 5. The number of nitrogens with one attached hydrogen (secondary N) is 1. The predicted octanol–water partition coefficient (Wildman–Crippen LogP) is 1.44. The lowest BCUT2D eigenvalue weighted by molar-refractivity contribution is 0.110. The van der Waals surface area contributed by atoms with Gasteiger partial charge in [-0.05, 0) is 13.0 Å². The summed E-state index contributed by atoms with van der Waals surface area (Å²) in [4.78, 5) is 2.65. The molecular formula is C13H26N2OS. The Labute approximate surface area is 110 Å². The molecule has 0 bridgehead atoms. The molecule has 3 nitrogen and oxygen atoms in total. The van der Waals surface area contributed by atoms with Gasteiger partial charge in [-0.2, -0.15) is 11.8 Å². The monoisotopic (exact) mass is 258 g/mol. The quantitative estimate of drug-likeness (QED) is 0.806. The summed E-state index contributed by atoms with van der Waals surface area (Å²) in [5.74, 6) is 1.29. The van der Waals surface area contributed by atoms with E-state index in [0.29, 0.717) is 5.41 Å². The molecule has 100 valence electrons. The maximum Gasteiger partial charge on any atom is 0.0547 e. The number of hydrogen-bond donors (Lipinski definition) is 1. The molecule has 2 aliphatic rings. The van der Waals surface area contributed by atoms with Crippen LogP contribution in [0.2, 0.25) is 0 Å². The molecule has 1 N–H and O–H groups in total. The smallest absolute Gasteiger partial charge is 0.0547 e. The Bertz CT molecular complexity index is 231. The van der Waals surface area contributed by atoms with E-state index in [2.05, 4.69) is 35.8 Å². The molecule has 4 heteroatoms. The van der Waals surface area contributed by atoms with Crippen molar-refractivity contribution in [1.29, 1.82) is 0 Å². The summed E-state index contributed by atoms with van der Waals surface area (Å²) in [7, 11) is 0. The van der Waals surface area contributed by atoms with Gasteiger partial charge in [-0.1, -0.05) is 13.8 Å². The standard InChI is InChI=1S/C13H26N2OS/c1-3-14-9-13(4-6-16-11-13)10-15-5-7-17-12(2)8-15/h12,14H,3-11H2,1-2H3. The third kappa shape index (κ3) is 3.85. The summed E-state index contributed by atoms with van der Waals surface area (Å²) >= 11 is 2.11. The molecule has 0 saturated carbocycles. The largest absolute Gasteiger partial charge is 0.381 e. The highest BCUT2D eigenvalue weighted by molar-refractivity contribution is 7.99. The molecule has 0 aromatic heterocycles. The van der Waals surface area contributed by atoms with Crippen LogP contribution in [0, 0.1) is 5.41 Å². The van der Waals surface area contributed by atoms with Gasteiger partial charge >= 0.3 is 0 Å². The molecule has 17 heavy (non-hydrogen) atoms. The van der Waals surface area contributed by atoms with Crippen LogP contribution in [0.5, 0.6) is 0 Å². The summed E-state index contributed by atoms with van der Waals surface area (Å²) in [6.45, 7) is 12.3. The Morgan fingerprint density at radius 3 is 3.06 bits per heavy atom. The van der Waals surface area contributed by atoms with E-state index in [0.717, 1.165) is 31.6 Å². The lowest BCUT2D eigenvalue weighted by Crippen LogP contribution is -2.48. The Hall–Kier alpha value is 0.230. The Kier molecular flexibility index (Phi) is 5.15. The van der Waals surface area contributed by atoms with Gasteiger partial charge in [0.25, 0.3) is 0 Å². The number of hydrogen-bond acceptors (Lipinski definition) is 4. The zero-order valence-electron chi connectivity index (χ0n) is 11.2. The first kappa shape index (κ1) is 13.7. The summed E-state index contributed by atoms with van der Waals surface area (Å²) in [5, 5.41) is 4.31. The van der Waals surface area contributed by atoms with E-state index in [1.54, 1.807) is 0 Å². The van der Waals surface area contributed by atoms with Crippen molar-refractivity contribution in [2.24, 2.45) is 5.41 Å². The topological polar surface area (TPSA) is 24.5 Å². The summed E-state index contributed by atoms with van der Waals surface area (Å²) in [6, 6.07) is 0. The van der Waals surface area contributed by atoms with Gasteiger partial charge in [0, 0.05) is 49.2 Å². The van der Waals surface area contributed by atoms with Crippen molar-refractivity contribution in [3.05, 3.63) is 0 Å². The molecule has 2 atom stereocenters. The molecule has 0 aliphatic carbocycles. The van der Waals surface area contributed by atoms with Crippen LogP contribution in [0.4, 0.5) is 0 Å². The molecule has 2 fully saturated rings. The van der Waals surface area contributed by atoms with Crippen molar-refractivity contribution in [1.82, 2.24) is 10.2 Å².